The molecular formula is C13H15NOS2. The van der Waals surface area contributed by atoms with E-state index in [1.54, 1.807) is 0 Å². The molecule has 0 radical (unpaired) electrons. The summed E-state index contributed by atoms with van der Waals surface area (Å²) < 4.78 is 13.2. The van der Waals surface area contributed by atoms with Crippen molar-refractivity contribution < 1.29 is 4.21 Å². The van der Waals surface area contributed by atoms with Crippen molar-refractivity contribution in [1.29, 1.82) is 0 Å². The fraction of sp³-hybridized carbons (Fsp3) is 0.385. The second kappa shape index (κ2) is 4.52. The van der Waals surface area contributed by atoms with E-state index in [0.717, 1.165) is 12.3 Å². The number of nitrogens with one attached hydrogen (secondary N) is 1. The number of thiophene rings is 1. The molecule has 1 saturated heterocycles. The molecule has 3 unspecified atom stereocenters. The Bertz CT molecular complexity index is 530. The Morgan fingerprint density at radius 3 is 3.00 bits per heavy atom. The van der Waals surface area contributed by atoms with Gasteiger partial charge < -0.3 is 5.32 Å². The van der Waals surface area contributed by atoms with Gasteiger partial charge in [0.25, 0.3) is 0 Å². The maximum atomic E-state index is 11.9. The molecule has 90 valence electrons. The highest BCUT2D eigenvalue weighted by atomic mass is 32.2. The Balaban J connectivity index is 1.91. The van der Waals surface area contributed by atoms with Crippen LogP contribution in [0.2, 0.25) is 0 Å². The summed E-state index contributed by atoms with van der Waals surface area (Å²) in [6.45, 7) is 2.90. The molecule has 1 aromatic carbocycles. The summed E-state index contributed by atoms with van der Waals surface area (Å²) in [5.41, 5.74) is 0. The lowest BCUT2D eigenvalue weighted by Crippen LogP contribution is -2.41. The minimum absolute atomic E-state index is 0.268. The molecule has 1 N–H and O–H groups in total. The van der Waals surface area contributed by atoms with E-state index in [2.05, 4.69) is 35.6 Å². The number of hydrogen-bond acceptors (Lipinski definition) is 3. The average molecular weight is 265 g/mol. The zero-order valence-corrected chi connectivity index (χ0v) is 11.3. The summed E-state index contributed by atoms with van der Waals surface area (Å²) in [6, 6.07) is 10.9. The first-order valence-corrected chi connectivity index (χ1v) is 8.03. The lowest BCUT2D eigenvalue weighted by molar-refractivity contribution is 0.546. The van der Waals surface area contributed by atoms with Crippen molar-refractivity contribution in [2.45, 2.75) is 18.2 Å². The van der Waals surface area contributed by atoms with Gasteiger partial charge in [-0.25, -0.2) is 0 Å². The number of fused-ring (bicyclic) bond motifs is 1. The lowest BCUT2D eigenvalue weighted by atomic mass is 10.2. The molecule has 17 heavy (non-hydrogen) atoms. The molecule has 0 amide bonds. The predicted octanol–water partition coefficient (Wildman–Crippen LogP) is 2.68. The van der Waals surface area contributed by atoms with Crippen LogP contribution in [-0.2, 0) is 10.8 Å². The molecule has 1 aliphatic heterocycles. The molecule has 2 nitrogen and oxygen atoms in total. The predicted molar refractivity (Wildman–Crippen MR) is 75.0 cm³/mol. The van der Waals surface area contributed by atoms with Crippen molar-refractivity contribution >= 4 is 32.2 Å². The number of hydrogen-bond donors (Lipinski definition) is 1. The Hall–Kier alpha value is -0.710. The monoisotopic (exact) mass is 265 g/mol. The van der Waals surface area contributed by atoms with E-state index < -0.39 is 10.8 Å². The third kappa shape index (κ3) is 2.17. The maximum Gasteiger partial charge on any atom is 0.0532 e. The Morgan fingerprint density at radius 1 is 1.41 bits per heavy atom. The van der Waals surface area contributed by atoms with Gasteiger partial charge >= 0.3 is 0 Å². The first kappa shape index (κ1) is 11.4. The minimum Gasteiger partial charge on any atom is -0.307 e. The quantitative estimate of drug-likeness (QED) is 0.859. The molecule has 4 heteroatoms. The van der Waals surface area contributed by atoms with Crippen LogP contribution in [-0.4, -0.2) is 21.8 Å². The SMILES string of the molecule is CC1CNC(c2cc3ccccc3s2)CS1=O. The van der Waals surface area contributed by atoms with E-state index in [-0.39, 0.29) is 11.3 Å². The Morgan fingerprint density at radius 2 is 2.24 bits per heavy atom. The highest BCUT2D eigenvalue weighted by Crippen LogP contribution is 2.31. The van der Waals surface area contributed by atoms with Gasteiger partial charge in [-0.2, -0.15) is 0 Å². The van der Waals surface area contributed by atoms with Crippen molar-refractivity contribution in [3.8, 4) is 0 Å². The van der Waals surface area contributed by atoms with Gasteiger partial charge in [-0.15, -0.1) is 11.3 Å². The molecule has 2 aromatic rings. The topological polar surface area (TPSA) is 29.1 Å². The summed E-state index contributed by atoms with van der Waals surface area (Å²) in [7, 11) is -0.693. The van der Waals surface area contributed by atoms with Gasteiger partial charge in [-0.3, -0.25) is 4.21 Å². The van der Waals surface area contributed by atoms with Crippen molar-refractivity contribution in [1.82, 2.24) is 5.32 Å². The van der Waals surface area contributed by atoms with Gasteiger partial charge in [0, 0.05) is 37.9 Å². The highest BCUT2D eigenvalue weighted by molar-refractivity contribution is 7.85. The molecule has 0 saturated carbocycles. The van der Waals surface area contributed by atoms with Crippen LogP contribution < -0.4 is 5.32 Å². The molecule has 0 aliphatic carbocycles. The van der Waals surface area contributed by atoms with Gasteiger partial charge in [0.05, 0.1) is 6.04 Å². The minimum atomic E-state index is -0.693. The van der Waals surface area contributed by atoms with Crippen molar-refractivity contribution in [3.63, 3.8) is 0 Å². The van der Waals surface area contributed by atoms with Crippen LogP contribution in [0, 0.1) is 0 Å². The van der Waals surface area contributed by atoms with Crippen LogP contribution in [0.4, 0.5) is 0 Å². The summed E-state index contributed by atoms with van der Waals surface area (Å²) in [5, 5.41) is 5.06. The van der Waals surface area contributed by atoms with Crippen LogP contribution in [0.15, 0.2) is 30.3 Å². The van der Waals surface area contributed by atoms with Gasteiger partial charge in [0.15, 0.2) is 0 Å². The number of benzene rings is 1. The van der Waals surface area contributed by atoms with E-state index in [4.69, 9.17) is 0 Å². The van der Waals surface area contributed by atoms with Crippen LogP contribution in [0.1, 0.15) is 17.8 Å². The van der Waals surface area contributed by atoms with E-state index >= 15 is 0 Å². The zero-order valence-electron chi connectivity index (χ0n) is 9.68. The molecule has 0 bridgehead atoms. The molecule has 1 aliphatic rings. The van der Waals surface area contributed by atoms with Crippen molar-refractivity contribution in [2.75, 3.05) is 12.3 Å². The highest BCUT2D eigenvalue weighted by Gasteiger charge is 2.25. The second-order valence-corrected chi connectivity index (χ2v) is 7.52. The lowest BCUT2D eigenvalue weighted by Gasteiger charge is -2.26. The molecular weight excluding hydrogens is 250 g/mol. The third-order valence-corrected chi connectivity index (χ3v) is 6.18. The molecule has 3 rings (SSSR count). The fourth-order valence-electron chi connectivity index (χ4n) is 2.15. The molecule has 1 aromatic heterocycles. The third-order valence-electron chi connectivity index (χ3n) is 3.22. The fourth-order valence-corrected chi connectivity index (χ4v) is 4.63. The molecule has 1 fully saturated rings. The molecule has 0 spiro atoms. The first-order chi connectivity index (χ1) is 8.24. The van der Waals surface area contributed by atoms with Crippen LogP contribution in [0.3, 0.4) is 0 Å². The normalized spacial score (nSPS) is 29.6. The number of rotatable bonds is 1. The smallest absolute Gasteiger partial charge is 0.0532 e. The van der Waals surface area contributed by atoms with E-state index in [9.17, 15) is 4.21 Å². The molecule has 2 heterocycles. The summed E-state index contributed by atoms with van der Waals surface area (Å²) >= 11 is 1.81. The standard InChI is InChI=1S/C13H15NOS2/c1-9-7-14-11(8-17(9)15)13-6-10-4-2-3-5-12(10)16-13/h2-6,9,11,14H,7-8H2,1H3. The summed E-state index contributed by atoms with van der Waals surface area (Å²) in [6.07, 6.45) is 0. The Kier molecular flexibility index (Phi) is 3.03. The second-order valence-electron chi connectivity index (χ2n) is 4.51. The van der Waals surface area contributed by atoms with Crippen LogP contribution in [0.25, 0.3) is 10.1 Å². The van der Waals surface area contributed by atoms with Gasteiger partial charge in [0.2, 0.25) is 0 Å². The molecule has 3 atom stereocenters. The average Bonchev–Trinajstić information content (AvgIpc) is 2.76. The van der Waals surface area contributed by atoms with E-state index in [0.29, 0.717) is 0 Å². The van der Waals surface area contributed by atoms with E-state index in [1.165, 1.54) is 15.0 Å². The van der Waals surface area contributed by atoms with Gasteiger partial charge in [-0.1, -0.05) is 18.2 Å². The van der Waals surface area contributed by atoms with E-state index in [1.807, 2.05) is 18.3 Å². The van der Waals surface area contributed by atoms with Gasteiger partial charge in [-0.05, 0) is 24.4 Å². The zero-order chi connectivity index (χ0) is 11.8. The first-order valence-electron chi connectivity index (χ1n) is 5.83. The summed E-state index contributed by atoms with van der Waals surface area (Å²) in [5.74, 6) is 0.744. The van der Waals surface area contributed by atoms with Crippen LogP contribution in [0.5, 0.6) is 0 Å². The van der Waals surface area contributed by atoms with Gasteiger partial charge in [0.1, 0.15) is 0 Å². The largest absolute Gasteiger partial charge is 0.307 e. The maximum absolute atomic E-state index is 11.9. The summed E-state index contributed by atoms with van der Waals surface area (Å²) in [4.78, 5) is 1.31. The Labute approximate surface area is 107 Å². The van der Waals surface area contributed by atoms with Crippen LogP contribution >= 0.6 is 11.3 Å². The van der Waals surface area contributed by atoms with Crippen molar-refractivity contribution in [3.05, 3.63) is 35.2 Å². The van der Waals surface area contributed by atoms with Crippen molar-refractivity contribution in [2.24, 2.45) is 0 Å².